The predicted octanol–water partition coefficient (Wildman–Crippen LogP) is 1.30. The summed E-state index contributed by atoms with van der Waals surface area (Å²) in [4.78, 5) is 11.3. The lowest BCUT2D eigenvalue weighted by molar-refractivity contribution is -0.147. The van der Waals surface area contributed by atoms with Crippen LogP contribution in [0.2, 0.25) is 0 Å². The topological polar surface area (TPSA) is 57.5 Å². The summed E-state index contributed by atoms with van der Waals surface area (Å²) in [6.07, 6.45) is -1.30. The van der Waals surface area contributed by atoms with E-state index >= 15 is 0 Å². The molecule has 2 unspecified atom stereocenters. The first-order valence-electron chi connectivity index (χ1n) is 3.57. The van der Waals surface area contributed by atoms with Gasteiger partial charge in [-0.05, 0) is 11.4 Å². The average Bonchev–Trinajstić information content (AvgIpc) is 2.53. The highest BCUT2D eigenvalue weighted by Crippen LogP contribution is 2.23. The zero-order chi connectivity index (χ0) is 9.14. The van der Waals surface area contributed by atoms with E-state index in [0.29, 0.717) is 0 Å². The lowest BCUT2D eigenvalue weighted by Gasteiger charge is -2.12. The van der Waals surface area contributed by atoms with E-state index in [1.165, 1.54) is 11.3 Å². The zero-order valence-electron chi connectivity index (χ0n) is 6.60. The lowest BCUT2D eigenvalue weighted by Crippen LogP contribution is -2.25. The Morgan fingerprint density at radius 3 is 2.75 bits per heavy atom. The Kier molecular flexibility index (Phi) is 2.83. The van der Waals surface area contributed by atoms with Crippen LogP contribution < -0.4 is 0 Å². The van der Waals surface area contributed by atoms with E-state index in [-0.39, 0.29) is 5.92 Å². The first kappa shape index (κ1) is 9.22. The van der Waals surface area contributed by atoms with Crippen molar-refractivity contribution in [3.63, 3.8) is 0 Å². The maximum Gasteiger partial charge on any atom is 0.333 e. The second-order valence-electron chi connectivity index (χ2n) is 2.59. The molecular weight excluding hydrogens is 176 g/mol. The largest absolute Gasteiger partial charge is 0.479 e. The number of aliphatic hydroxyl groups is 1. The fraction of sp³-hybridized carbons (Fsp3) is 0.375. The monoisotopic (exact) mass is 186 g/mol. The Morgan fingerprint density at radius 2 is 2.33 bits per heavy atom. The molecule has 0 aliphatic carbocycles. The molecule has 1 aromatic rings. The van der Waals surface area contributed by atoms with Gasteiger partial charge in [0.25, 0.3) is 0 Å². The minimum Gasteiger partial charge on any atom is -0.479 e. The Hall–Kier alpha value is -0.870. The van der Waals surface area contributed by atoms with Crippen LogP contribution in [0.25, 0.3) is 0 Å². The second kappa shape index (κ2) is 3.69. The normalized spacial score (nSPS) is 15.5. The third-order valence-corrected chi connectivity index (χ3v) is 2.79. The quantitative estimate of drug-likeness (QED) is 0.748. The van der Waals surface area contributed by atoms with Crippen molar-refractivity contribution in [1.82, 2.24) is 0 Å². The molecule has 12 heavy (non-hydrogen) atoms. The number of hydrogen-bond acceptors (Lipinski definition) is 3. The Labute approximate surface area is 74.3 Å². The molecule has 0 saturated heterocycles. The number of carboxylic acid groups (broad SMARTS) is 1. The maximum absolute atomic E-state index is 10.4. The Morgan fingerprint density at radius 1 is 1.67 bits per heavy atom. The predicted molar refractivity (Wildman–Crippen MR) is 46.4 cm³/mol. The van der Waals surface area contributed by atoms with Gasteiger partial charge < -0.3 is 10.2 Å². The van der Waals surface area contributed by atoms with E-state index in [1.807, 2.05) is 17.5 Å². The van der Waals surface area contributed by atoms with Gasteiger partial charge in [0, 0.05) is 10.8 Å². The molecule has 4 heteroatoms. The van der Waals surface area contributed by atoms with Crippen LogP contribution in [-0.4, -0.2) is 22.3 Å². The minimum atomic E-state index is -1.30. The molecule has 1 rings (SSSR count). The van der Waals surface area contributed by atoms with E-state index in [0.717, 1.165) is 4.88 Å². The van der Waals surface area contributed by atoms with Gasteiger partial charge in [-0.2, -0.15) is 0 Å². The zero-order valence-corrected chi connectivity index (χ0v) is 7.41. The SMILES string of the molecule is CC(c1cccs1)C(O)C(=O)O. The van der Waals surface area contributed by atoms with Crippen molar-refractivity contribution in [2.24, 2.45) is 0 Å². The van der Waals surface area contributed by atoms with Gasteiger partial charge in [0.1, 0.15) is 0 Å². The van der Waals surface area contributed by atoms with E-state index < -0.39 is 12.1 Å². The lowest BCUT2D eigenvalue weighted by atomic mass is 10.0. The van der Waals surface area contributed by atoms with Gasteiger partial charge in [0.05, 0.1) is 0 Å². The summed E-state index contributed by atoms with van der Waals surface area (Å²) in [5, 5.41) is 19.5. The van der Waals surface area contributed by atoms with Crippen molar-refractivity contribution < 1.29 is 15.0 Å². The number of thiophene rings is 1. The van der Waals surface area contributed by atoms with Crippen molar-refractivity contribution in [1.29, 1.82) is 0 Å². The van der Waals surface area contributed by atoms with Crippen molar-refractivity contribution >= 4 is 17.3 Å². The van der Waals surface area contributed by atoms with Crippen LogP contribution in [0.15, 0.2) is 17.5 Å². The summed E-state index contributed by atoms with van der Waals surface area (Å²) in [6, 6.07) is 3.66. The number of hydrogen-bond donors (Lipinski definition) is 2. The summed E-state index contributed by atoms with van der Waals surface area (Å²) in [6.45, 7) is 1.70. The van der Waals surface area contributed by atoms with Gasteiger partial charge in [0.2, 0.25) is 0 Å². The van der Waals surface area contributed by atoms with Crippen LogP contribution >= 0.6 is 11.3 Å². The highest BCUT2D eigenvalue weighted by molar-refractivity contribution is 7.10. The van der Waals surface area contributed by atoms with Gasteiger partial charge in [-0.25, -0.2) is 4.79 Å². The van der Waals surface area contributed by atoms with Gasteiger partial charge in [-0.15, -0.1) is 11.3 Å². The number of carboxylic acids is 1. The number of aliphatic carboxylic acids is 1. The van der Waals surface area contributed by atoms with Gasteiger partial charge in [-0.3, -0.25) is 0 Å². The summed E-state index contributed by atoms with van der Waals surface area (Å²) in [5.41, 5.74) is 0. The van der Waals surface area contributed by atoms with E-state index in [1.54, 1.807) is 6.92 Å². The maximum atomic E-state index is 10.4. The van der Waals surface area contributed by atoms with Crippen LogP contribution in [0.1, 0.15) is 17.7 Å². The third kappa shape index (κ3) is 1.84. The highest BCUT2D eigenvalue weighted by Gasteiger charge is 2.23. The Bertz CT molecular complexity index is 255. The van der Waals surface area contributed by atoms with Crippen LogP contribution in [0, 0.1) is 0 Å². The summed E-state index contributed by atoms with van der Waals surface area (Å²) >= 11 is 1.45. The summed E-state index contributed by atoms with van der Waals surface area (Å²) in [5.74, 6) is -1.50. The minimum absolute atomic E-state index is 0.331. The van der Waals surface area contributed by atoms with Gasteiger partial charge in [-0.1, -0.05) is 13.0 Å². The Balaban J connectivity index is 2.71. The molecule has 0 spiro atoms. The molecule has 66 valence electrons. The smallest absolute Gasteiger partial charge is 0.333 e. The van der Waals surface area contributed by atoms with Crippen molar-refractivity contribution in [2.75, 3.05) is 0 Å². The molecule has 1 aromatic heterocycles. The van der Waals surface area contributed by atoms with Gasteiger partial charge >= 0.3 is 5.97 Å². The molecule has 0 bridgehead atoms. The molecule has 3 nitrogen and oxygen atoms in total. The van der Waals surface area contributed by atoms with E-state index in [9.17, 15) is 9.90 Å². The first-order chi connectivity index (χ1) is 5.63. The van der Waals surface area contributed by atoms with E-state index in [4.69, 9.17) is 5.11 Å². The molecule has 2 N–H and O–H groups in total. The van der Waals surface area contributed by atoms with Crippen molar-refractivity contribution in [2.45, 2.75) is 18.9 Å². The fourth-order valence-corrected chi connectivity index (χ4v) is 1.73. The fourth-order valence-electron chi connectivity index (χ4n) is 0.920. The van der Waals surface area contributed by atoms with Crippen LogP contribution in [0.5, 0.6) is 0 Å². The molecule has 0 fully saturated rings. The first-order valence-corrected chi connectivity index (χ1v) is 4.45. The number of aliphatic hydroxyl groups excluding tert-OH is 1. The number of rotatable bonds is 3. The molecule has 2 atom stereocenters. The summed E-state index contributed by atoms with van der Waals surface area (Å²) in [7, 11) is 0. The van der Waals surface area contributed by atoms with Crippen LogP contribution in [-0.2, 0) is 4.79 Å². The van der Waals surface area contributed by atoms with Crippen molar-refractivity contribution in [3.05, 3.63) is 22.4 Å². The number of carbonyl (C=O) groups is 1. The van der Waals surface area contributed by atoms with Gasteiger partial charge in [0.15, 0.2) is 6.10 Å². The highest BCUT2D eigenvalue weighted by atomic mass is 32.1. The van der Waals surface area contributed by atoms with Crippen LogP contribution in [0.4, 0.5) is 0 Å². The molecular formula is C8H10O3S. The third-order valence-electron chi connectivity index (χ3n) is 1.72. The average molecular weight is 186 g/mol. The second-order valence-corrected chi connectivity index (χ2v) is 3.57. The molecule has 0 aliphatic rings. The van der Waals surface area contributed by atoms with Crippen molar-refractivity contribution in [3.8, 4) is 0 Å². The molecule has 1 heterocycles. The molecule has 0 aliphatic heterocycles. The van der Waals surface area contributed by atoms with Crippen LogP contribution in [0.3, 0.4) is 0 Å². The molecule has 0 amide bonds. The molecule has 0 aromatic carbocycles. The molecule has 0 saturated carbocycles. The molecule has 0 radical (unpaired) electrons. The van der Waals surface area contributed by atoms with E-state index in [2.05, 4.69) is 0 Å². The standard InChI is InChI=1S/C8H10O3S/c1-5(7(9)8(10)11)6-3-2-4-12-6/h2-5,7,9H,1H3,(H,10,11). The summed E-state index contributed by atoms with van der Waals surface area (Å²) < 4.78 is 0.